The smallest absolute Gasteiger partial charge is 0.282 e. The van der Waals surface area contributed by atoms with E-state index in [0.29, 0.717) is 26.2 Å². The van der Waals surface area contributed by atoms with Gasteiger partial charge in [0.15, 0.2) is 0 Å². The number of hydrogen-bond acceptors (Lipinski definition) is 4. The zero-order valence-electron chi connectivity index (χ0n) is 12.7. The minimum Gasteiger partial charge on any atom is -0.339 e. The molecule has 2 rings (SSSR count). The number of amides is 1. The van der Waals surface area contributed by atoms with Gasteiger partial charge in [0, 0.05) is 39.3 Å². The van der Waals surface area contributed by atoms with E-state index in [2.05, 4.69) is 0 Å². The number of carbonyl (C=O) groups excluding carboxylic acids is 1. The Morgan fingerprint density at radius 1 is 1.14 bits per heavy atom. The molecular weight excluding hydrogens is 292 g/mol. The molecule has 0 aromatic rings. The van der Waals surface area contributed by atoms with Crippen LogP contribution in [0.15, 0.2) is 0 Å². The van der Waals surface area contributed by atoms with Crippen molar-refractivity contribution in [2.24, 2.45) is 5.73 Å². The van der Waals surface area contributed by atoms with Crippen molar-refractivity contribution in [1.29, 1.82) is 0 Å². The molecule has 0 bridgehead atoms. The van der Waals surface area contributed by atoms with Crippen molar-refractivity contribution in [3.8, 4) is 0 Å². The first-order chi connectivity index (χ1) is 9.96. The van der Waals surface area contributed by atoms with E-state index >= 15 is 0 Å². The zero-order valence-corrected chi connectivity index (χ0v) is 13.5. The number of carbonyl (C=O) groups is 1. The lowest BCUT2D eigenvalue weighted by atomic mass is 9.96. The highest BCUT2D eigenvalue weighted by atomic mass is 32.2. The van der Waals surface area contributed by atoms with Crippen LogP contribution in [0.2, 0.25) is 0 Å². The number of nitrogens with two attached hydrogens (primary N) is 1. The predicted molar refractivity (Wildman–Crippen MR) is 80.8 cm³/mol. The monoisotopic (exact) mass is 318 g/mol. The van der Waals surface area contributed by atoms with Crippen molar-refractivity contribution in [2.75, 3.05) is 39.8 Å². The molecule has 1 amide bonds. The molecule has 7 nitrogen and oxygen atoms in total. The summed E-state index contributed by atoms with van der Waals surface area (Å²) in [5.41, 5.74) is 5.34. The number of piperazine rings is 1. The molecule has 2 fully saturated rings. The summed E-state index contributed by atoms with van der Waals surface area (Å²) in [6.07, 6.45) is 5.29. The molecule has 2 N–H and O–H groups in total. The van der Waals surface area contributed by atoms with Crippen LogP contribution in [0.5, 0.6) is 0 Å². The Labute approximate surface area is 127 Å². The normalized spacial score (nSPS) is 22.7. The molecule has 1 aliphatic heterocycles. The van der Waals surface area contributed by atoms with Gasteiger partial charge in [-0.2, -0.15) is 17.0 Å². The summed E-state index contributed by atoms with van der Waals surface area (Å²) in [5, 5.41) is 0. The van der Waals surface area contributed by atoms with Crippen molar-refractivity contribution in [1.82, 2.24) is 13.5 Å². The Morgan fingerprint density at radius 3 is 2.24 bits per heavy atom. The molecule has 0 unspecified atom stereocenters. The molecule has 0 aromatic carbocycles. The van der Waals surface area contributed by atoms with Crippen LogP contribution in [0.4, 0.5) is 0 Å². The quantitative estimate of drug-likeness (QED) is 0.764. The molecule has 0 radical (unpaired) electrons. The van der Waals surface area contributed by atoms with E-state index in [4.69, 9.17) is 5.73 Å². The second-order valence-corrected chi connectivity index (χ2v) is 7.79. The third kappa shape index (κ3) is 3.74. The van der Waals surface area contributed by atoms with Crippen LogP contribution in [-0.2, 0) is 15.0 Å². The maximum absolute atomic E-state index is 12.7. The van der Waals surface area contributed by atoms with Crippen LogP contribution in [0, 0.1) is 0 Å². The fourth-order valence-electron chi connectivity index (χ4n) is 3.11. The number of nitrogens with zero attached hydrogens (tertiary/aromatic N) is 3. The van der Waals surface area contributed by atoms with Gasteiger partial charge in [-0.15, -0.1) is 0 Å². The van der Waals surface area contributed by atoms with Gasteiger partial charge < -0.3 is 10.6 Å². The summed E-state index contributed by atoms with van der Waals surface area (Å²) in [6.45, 7) is 1.53. The molecule has 0 spiro atoms. The van der Waals surface area contributed by atoms with Crippen molar-refractivity contribution >= 4 is 16.1 Å². The Balaban J connectivity index is 1.95. The molecular formula is C13H26N4O3S. The largest absolute Gasteiger partial charge is 0.339 e. The van der Waals surface area contributed by atoms with Crippen LogP contribution < -0.4 is 5.73 Å². The van der Waals surface area contributed by atoms with Crippen LogP contribution in [0.25, 0.3) is 0 Å². The molecule has 1 heterocycles. The van der Waals surface area contributed by atoms with Gasteiger partial charge in [-0.25, -0.2) is 0 Å². The fraction of sp³-hybridized carbons (Fsp3) is 0.923. The Kier molecular flexibility index (Phi) is 5.59. The molecule has 2 aliphatic rings. The van der Waals surface area contributed by atoms with Gasteiger partial charge in [-0.3, -0.25) is 4.79 Å². The summed E-state index contributed by atoms with van der Waals surface area (Å²) in [6, 6.07) is 0.118. The van der Waals surface area contributed by atoms with E-state index in [1.54, 1.807) is 11.9 Å². The average molecular weight is 318 g/mol. The highest BCUT2D eigenvalue weighted by molar-refractivity contribution is 7.86. The average Bonchev–Trinajstić information content (AvgIpc) is 2.54. The highest BCUT2D eigenvalue weighted by Gasteiger charge is 2.35. The number of rotatable bonds is 4. The van der Waals surface area contributed by atoms with Gasteiger partial charge >= 0.3 is 0 Å². The predicted octanol–water partition coefficient (Wildman–Crippen LogP) is -0.401. The zero-order chi connectivity index (χ0) is 15.5. The molecule has 21 heavy (non-hydrogen) atoms. The van der Waals surface area contributed by atoms with Crippen molar-refractivity contribution in [3.63, 3.8) is 0 Å². The molecule has 1 aliphatic carbocycles. The molecule has 0 aromatic heterocycles. The van der Waals surface area contributed by atoms with Gasteiger partial charge in [0.2, 0.25) is 5.91 Å². The maximum atomic E-state index is 12.7. The maximum Gasteiger partial charge on any atom is 0.282 e. The van der Waals surface area contributed by atoms with Crippen molar-refractivity contribution in [2.45, 2.75) is 38.1 Å². The molecule has 8 heteroatoms. The first kappa shape index (κ1) is 16.7. The molecule has 1 saturated carbocycles. The second kappa shape index (κ2) is 7.04. The molecule has 122 valence electrons. The summed E-state index contributed by atoms with van der Waals surface area (Å²) >= 11 is 0. The third-order valence-corrected chi connectivity index (χ3v) is 6.59. The molecule has 1 saturated heterocycles. The SMILES string of the molecule is CN(C1CCCCC1)S(=O)(=O)N1CCN(C(=O)CN)CC1. The van der Waals surface area contributed by atoms with E-state index < -0.39 is 10.2 Å². The number of hydrogen-bond donors (Lipinski definition) is 1. The highest BCUT2D eigenvalue weighted by Crippen LogP contribution is 2.25. The van der Waals surface area contributed by atoms with Crippen molar-refractivity contribution in [3.05, 3.63) is 0 Å². The topological polar surface area (TPSA) is 87.0 Å². The summed E-state index contributed by atoms with van der Waals surface area (Å²) < 4.78 is 28.3. The van der Waals surface area contributed by atoms with Gasteiger partial charge in [-0.05, 0) is 12.8 Å². The summed E-state index contributed by atoms with van der Waals surface area (Å²) in [7, 11) is -1.74. The second-order valence-electron chi connectivity index (χ2n) is 5.80. The lowest BCUT2D eigenvalue weighted by molar-refractivity contribution is -0.130. The Hall–Kier alpha value is -0.700. The van der Waals surface area contributed by atoms with E-state index in [1.165, 1.54) is 15.0 Å². The lowest BCUT2D eigenvalue weighted by Crippen LogP contribution is -2.55. The van der Waals surface area contributed by atoms with E-state index in [9.17, 15) is 13.2 Å². The first-order valence-corrected chi connectivity index (χ1v) is 9.07. The summed E-state index contributed by atoms with van der Waals surface area (Å²) in [5.74, 6) is -0.118. The minimum atomic E-state index is -3.42. The van der Waals surface area contributed by atoms with Crippen LogP contribution in [0.1, 0.15) is 32.1 Å². The van der Waals surface area contributed by atoms with Gasteiger partial charge in [-0.1, -0.05) is 19.3 Å². The van der Waals surface area contributed by atoms with Crippen LogP contribution in [0.3, 0.4) is 0 Å². The third-order valence-electron chi connectivity index (χ3n) is 4.55. The van der Waals surface area contributed by atoms with Gasteiger partial charge in [0.1, 0.15) is 0 Å². The van der Waals surface area contributed by atoms with E-state index in [1.807, 2.05) is 0 Å². The van der Waals surface area contributed by atoms with E-state index in [-0.39, 0.29) is 18.5 Å². The standard InChI is InChI=1S/C13H26N4O3S/c1-15(12-5-3-2-4-6-12)21(19,20)17-9-7-16(8-10-17)13(18)11-14/h12H,2-11,14H2,1H3. The lowest BCUT2D eigenvalue weighted by Gasteiger charge is -2.38. The Morgan fingerprint density at radius 2 is 1.71 bits per heavy atom. The summed E-state index contributed by atoms with van der Waals surface area (Å²) in [4.78, 5) is 13.2. The van der Waals surface area contributed by atoms with Gasteiger partial charge in [0.05, 0.1) is 6.54 Å². The Bertz CT molecular complexity index is 454. The van der Waals surface area contributed by atoms with E-state index in [0.717, 1.165) is 25.7 Å². The molecule has 0 atom stereocenters. The van der Waals surface area contributed by atoms with Crippen molar-refractivity contribution < 1.29 is 13.2 Å². The van der Waals surface area contributed by atoms with Crippen LogP contribution in [-0.4, -0.2) is 73.6 Å². The minimum absolute atomic E-state index is 0.0191. The van der Waals surface area contributed by atoms with Gasteiger partial charge in [0.25, 0.3) is 10.2 Å². The van der Waals surface area contributed by atoms with Crippen LogP contribution >= 0.6 is 0 Å². The fourth-order valence-corrected chi connectivity index (χ4v) is 4.69. The first-order valence-electron chi connectivity index (χ1n) is 7.67.